The first kappa shape index (κ1) is 21.4. The minimum absolute atomic E-state index is 0.203. The SMILES string of the molecule is Cc1cccc(-c2c3c(=O)n(C)c(=O)n(C)c3c3n2CCOC3c2coc3ccccc3c2=O)c1. The average molecular weight is 469 g/mol. The van der Waals surface area contributed by atoms with Crippen molar-refractivity contribution in [3.05, 3.63) is 103 Å². The van der Waals surface area contributed by atoms with Crippen molar-refractivity contribution < 1.29 is 9.15 Å². The first-order valence-electron chi connectivity index (χ1n) is 11.4. The van der Waals surface area contributed by atoms with Crippen molar-refractivity contribution in [3.63, 3.8) is 0 Å². The van der Waals surface area contributed by atoms with E-state index in [1.165, 1.54) is 17.9 Å². The van der Waals surface area contributed by atoms with Crippen molar-refractivity contribution in [1.29, 1.82) is 0 Å². The maximum atomic E-state index is 13.5. The molecule has 0 spiro atoms. The molecule has 0 bridgehead atoms. The van der Waals surface area contributed by atoms with Gasteiger partial charge in [-0.05, 0) is 30.7 Å². The van der Waals surface area contributed by atoms with E-state index in [0.29, 0.717) is 52.0 Å². The van der Waals surface area contributed by atoms with E-state index in [0.717, 1.165) is 15.7 Å². The van der Waals surface area contributed by atoms with Crippen molar-refractivity contribution in [1.82, 2.24) is 13.7 Å². The molecule has 0 N–H and O–H groups in total. The molecule has 6 rings (SSSR count). The average Bonchev–Trinajstić information content (AvgIpc) is 3.22. The monoisotopic (exact) mass is 469 g/mol. The van der Waals surface area contributed by atoms with E-state index in [9.17, 15) is 14.4 Å². The Hall–Kier alpha value is -4.17. The van der Waals surface area contributed by atoms with Crippen molar-refractivity contribution in [2.24, 2.45) is 14.1 Å². The Morgan fingerprint density at radius 2 is 1.77 bits per heavy atom. The van der Waals surface area contributed by atoms with Gasteiger partial charge in [0, 0.05) is 20.6 Å². The molecule has 4 heterocycles. The number of para-hydroxylation sites is 1. The van der Waals surface area contributed by atoms with Crippen LogP contribution in [0.3, 0.4) is 0 Å². The number of nitrogens with zero attached hydrogens (tertiary/aromatic N) is 3. The molecule has 1 aliphatic heterocycles. The third kappa shape index (κ3) is 2.99. The van der Waals surface area contributed by atoms with Gasteiger partial charge in [-0.15, -0.1) is 0 Å². The minimum atomic E-state index is -0.802. The van der Waals surface area contributed by atoms with Gasteiger partial charge in [-0.3, -0.25) is 18.7 Å². The Morgan fingerprint density at radius 1 is 0.971 bits per heavy atom. The fraction of sp³-hybridized carbons (Fsp3) is 0.222. The highest BCUT2D eigenvalue weighted by Crippen LogP contribution is 2.40. The Morgan fingerprint density at radius 3 is 2.57 bits per heavy atom. The molecule has 1 aliphatic rings. The lowest BCUT2D eigenvalue weighted by Crippen LogP contribution is -2.37. The van der Waals surface area contributed by atoms with Gasteiger partial charge in [0.1, 0.15) is 18.0 Å². The summed E-state index contributed by atoms with van der Waals surface area (Å²) in [4.78, 5) is 40.0. The summed E-state index contributed by atoms with van der Waals surface area (Å²) in [7, 11) is 3.12. The second-order valence-electron chi connectivity index (χ2n) is 8.95. The van der Waals surface area contributed by atoms with Crippen LogP contribution in [-0.4, -0.2) is 20.3 Å². The Labute approximate surface area is 199 Å². The highest BCUT2D eigenvalue weighted by atomic mass is 16.5. The van der Waals surface area contributed by atoms with Gasteiger partial charge in [0.15, 0.2) is 5.43 Å². The molecule has 3 aromatic heterocycles. The summed E-state index contributed by atoms with van der Waals surface area (Å²) in [6, 6.07) is 14.9. The molecule has 35 heavy (non-hydrogen) atoms. The number of aryl methyl sites for hydroxylation is 2. The fourth-order valence-corrected chi connectivity index (χ4v) is 5.18. The molecule has 176 valence electrons. The molecule has 0 saturated heterocycles. The molecule has 0 fully saturated rings. The van der Waals surface area contributed by atoms with Gasteiger partial charge in [0.2, 0.25) is 0 Å². The molecule has 8 heteroatoms. The summed E-state index contributed by atoms with van der Waals surface area (Å²) in [5.74, 6) is 0. The van der Waals surface area contributed by atoms with Gasteiger partial charge >= 0.3 is 5.69 Å². The van der Waals surface area contributed by atoms with Crippen LogP contribution in [0.25, 0.3) is 33.1 Å². The molecule has 0 saturated carbocycles. The van der Waals surface area contributed by atoms with Gasteiger partial charge in [0.25, 0.3) is 5.56 Å². The smallest absolute Gasteiger partial charge is 0.331 e. The van der Waals surface area contributed by atoms with Crippen molar-refractivity contribution in [2.75, 3.05) is 6.61 Å². The van der Waals surface area contributed by atoms with E-state index in [4.69, 9.17) is 9.15 Å². The molecule has 5 aromatic rings. The Kier molecular flexibility index (Phi) is 4.69. The third-order valence-corrected chi connectivity index (χ3v) is 6.83. The highest BCUT2D eigenvalue weighted by molar-refractivity contribution is 5.96. The van der Waals surface area contributed by atoms with E-state index in [-0.39, 0.29) is 11.0 Å². The summed E-state index contributed by atoms with van der Waals surface area (Å²) in [5.41, 5.74) is 3.47. The molecule has 0 amide bonds. The minimum Gasteiger partial charge on any atom is -0.464 e. The highest BCUT2D eigenvalue weighted by Gasteiger charge is 2.34. The zero-order valence-electron chi connectivity index (χ0n) is 19.6. The van der Waals surface area contributed by atoms with Gasteiger partial charge in [-0.25, -0.2) is 4.79 Å². The van der Waals surface area contributed by atoms with E-state index in [2.05, 4.69) is 0 Å². The summed E-state index contributed by atoms with van der Waals surface area (Å²) in [5, 5.41) is 0.876. The molecule has 0 radical (unpaired) electrons. The number of fused-ring (bicyclic) bond motifs is 4. The van der Waals surface area contributed by atoms with Crippen molar-refractivity contribution >= 4 is 21.9 Å². The summed E-state index contributed by atoms with van der Waals surface area (Å²) < 4.78 is 16.5. The zero-order valence-corrected chi connectivity index (χ0v) is 19.6. The van der Waals surface area contributed by atoms with Crippen LogP contribution >= 0.6 is 0 Å². The van der Waals surface area contributed by atoms with Crippen LogP contribution in [0.1, 0.15) is 22.9 Å². The number of hydrogen-bond donors (Lipinski definition) is 0. The topological polar surface area (TPSA) is 88.4 Å². The van der Waals surface area contributed by atoms with Gasteiger partial charge < -0.3 is 13.7 Å². The summed E-state index contributed by atoms with van der Waals surface area (Å²) in [6.07, 6.45) is 0.623. The van der Waals surface area contributed by atoms with Crippen LogP contribution in [0.4, 0.5) is 0 Å². The van der Waals surface area contributed by atoms with Crippen LogP contribution in [0.5, 0.6) is 0 Å². The largest absolute Gasteiger partial charge is 0.464 e. The Bertz CT molecular complexity index is 1840. The summed E-state index contributed by atoms with van der Waals surface area (Å²) in [6.45, 7) is 2.80. The van der Waals surface area contributed by atoms with Crippen LogP contribution in [0.15, 0.2) is 73.6 Å². The summed E-state index contributed by atoms with van der Waals surface area (Å²) >= 11 is 0. The van der Waals surface area contributed by atoms with Gasteiger partial charge in [-0.1, -0.05) is 35.9 Å². The van der Waals surface area contributed by atoms with E-state index >= 15 is 0 Å². The maximum Gasteiger partial charge on any atom is 0.331 e. The second-order valence-corrected chi connectivity index (χ2v) is 8.95. The van der Waals surface area contributed by atoms with Crippen molar-refractivity contribution in [3.8, 4) is 11.3 Å². The first-order chi connectivity index (χ1) is 16.9. The molecule has 0 aliphatic carbocycles. The number of rotatable bonds is 2. The first-order valence-corrected chi connectivity index (χ1v) is 11.4. The molecule has 2 aromatic carbocycles. The number of ether oxygens (including phenoxy) is 1. The fourth-order valence-electron chi connectivity index (χ4n) is 5.18. The quantitative estimate of drug-likeness (QED) is 0.396. The standard InChI is InChI=1S/C27H23N3O5/c1-15-7-6-8-16(13-15)21-20-22(28(2)27(33)29(3)26(20)32)23-25(34-12-11-30(21)23)18-14-35-19-10-5-4-9-17(19)24(18)31/h4-10,13-14,25H,11-12H2,1-3H3. The molecular weight excluding hydrogens is 446 g/mol. The number of hydrogen-bond acceptors (Lipinski definition) is 5. The van der Waals surface area contributed by atoms with Gasteiger partial charge in [-0.2, -0.15) is 0 Å². The maximum absolute atomic E-state index is 13.5. The van der Waals surface area contributed by atoms with Crippen molar-refractivity contribution in [2.45, 2.75) is 19.6 Å². The molecule has 1 unspecified atom stereocenters. The van der Waals surface area contributed by atoms with Crippen LogP contribution in [0.2, 0.25) is 0 Å². The van der Waals surface area contributed by atoms with E-state index in [1.54, 1.807) is 31.3 Å². The predicted octanol–water partition coefficient (Wildman–Crippen LogP) is 3.24. The molecule has 8 nitrogen and oxygen atoms in total. The van der Waals surface area contributed by atoms with E-state index < -0.39 is 11.8 Å². The molecular formula is C27H23N3O5. The lowest BCUT2D eigenvalue weighted by atomic mass is 10.0. The normalized spacial score (nSPS) is 15.6. The lowest BCUT2D eigenvalue weighted by molar-refractivity contribution is 0.0463. The van der Waals surface area contributed by atoms with Crippen LogP contribution < -0.4 is 16.7 Å². The van der Waals surface area contributed by atoms with Crippen LogP contribution in [0, 0.1) is 6.92 Å². The zero-order chi connectivity index (χ0) is 24.4. The number of aromatic nitrogens is 3. The predicted molar refractivity (Wildman–Crippen MR) is 133 cm³/mol. The molecule has 1 atom stereocenters. The third-order valence-electron chi connectivity index (χ3n) is 6.83. The lowest BCUT2D eigenvalue weighted by Gasteiger charge is -2.27. The van der Waals surface area contributed by atoms with Crippen LogP contribution in [-0.2, 0) is 25.4 Å². The number of benzene rings is 2. The Balaban J connectivity index is 1.76. The van der Waals surface area contributed by atoms with E-state index in [1.807, 2.05) is 35.8 Å². The van der Waals surface area contributed by atoms with Gasteiger partial charge in [0.05, 0.1) is 39.8 Å². The second kappa shape index (κ2) is 7.68.